The highest BCUT2D eigenvalue weighted by Gasteiger charge is 2.44. The van der Waals surface area contributed by atoms with E-state index in [4.69, 9.17) is 9.72 Å². The number of hydrogen-bond donors (Lipinski definition) is 0. The third-order valence-corrected chi connectivity index (χ3v) is 10.1. The van der Waals surface area contributed by atoms with Crippen LogP contribution in [0.15, 0.2) is 29.1 Å². The maximum Gasteiger partial charge on any atom is 0.305 e. The zero-order chi connectivity index (χ0) is 29.1. The molecule has 0 unspecified atom stereocenters. The fraction of sp³-hybridized carbons (Fsp3) is 0.697. The van der Waals surface area contributed by atoms with Crippen LogP contribution in [0.1, 0.15) is 96.4 Å². The predicted molar refractivity (Wildman–Crippen MR) is 164 cm³/mol. The van der Waals surface area contributed by atoms with Crippen molar-refractivity contribution in [3.05, 3.63) is 34.6 Å². The van der Waals surface area contributed by atoms with Crippen LogP contribution in [0.25, 0.3) is 11.0 Å². The van der Waals surface area contributed by atoms with Crippen LogP contribution < -0.4 is 10.5 Å². The summed E-state index contributed by atoms with van der Waals surface area (Å²) in [5, 5.41) is 0. The van der Waals surface area contributed by atoms with Crippen LogP contribution >= 0.6 is 0 Å². The van der Waals surface area contributed by atoms with Crippen molar-refractivity contribution in [2.75, 3.05) is 37.7 Å². The summed E-state index contributed by atoms with van der Waals surface area (Å²) in [6.07, 6.45) is 14.8. The highest BCUT2D eigenvalue weighted by atomic mass is 16.5. The topological polar surface area (TPSA) is 88.0 Å². The fourth-order valence-electron chi connectivity index (χ4n) is 8.21. The van der Waals surface area contributed by atoms with E-state index in [1.807, 2.05) is 33.7 Å². The minimum absolute atomic E-state index is 0.0310. The van der Waals surface area contributed by atoms with Crippen LogP contribution in [0, 0.1) is 0 Å². The average Bonchev–Trinajstić information content (AvgIpc) is 3.22. The van der Waals surface area contributed by atoms with Crippen LogP contribution in [0.4, 0.5) is 5.82 Å². The number of carbonyl (C=O) groups excluding carboxylic acids is 2. The molecule has 42 heavy (non-hydrogen) atoms. The zero-order valence-corrected chi connectivity index (χ0v) is 25.2. The highest BCUT2D eigenvalue weighted by molar-refractivity contribution is 5.83. The molecule has 6 rings (SSSR count). The lowest BCUT2D eigenvalue weighted by atomic mass is 9.89. The van der Waals surface area contributed by atoms with E-state index < -0.39 is 0 Å². The van der Waals surface area contributed by atoms with E-state index in [2.05, 4.69) is 4.90 Å². The summed E-state index contributed by atoms with van der Waals surface area (Å²) in [4.78, 5) is 50.4. The third kappa shape index (κ3) is 6.08. The highest BCUT2D eigenvalue weighted by Crippen LogP contribution is 2.44. The molecule has 1 aromatic heterocycles. The van der Waals surface area contributed by atoms with Gasteiger partial charge in [0.15, 0.2) is 5.82 Å². The SMILES string of the molecule is CCOC(=O)CCCN1CCN(c2nc3ccccc3n([C@H]3C[C@H]4CC[C@@H](C3)N4C3CCCCCCC3)c2=O)CC1=O. The molecule has 3 aliphatic heterocycles. The summed E-state index contributed by atoms with van der Waals surface area (Å²) < 4.78 is 7.04. The van der Waals surface area contributed by atoms with Crippen molar-refractivity contribution >= 4 is 28.7 Å². The van der Waals surface area contributed by atoms with Gasteiger partial charge in [-0.05, 0) is 64.0 Å². The quantitative estimate of drug-likeness (QED) is 0.422. The summed E-state index contributed by atoms with van der Waals surface area (Å²) in [7, 11) is 0. The van der Waals surface area contributed by atoms with Gasteiger partial charge in [0, 0.05) is 50.2 Å². The Kier molecular flexibility index (Phi) is 9.12. The molecular weight excluding hydrogens is 530 g/mol. The zero-order valence-electron chi connectivity index (χ0n) is 25.2. The van der Waals surface area contributed by atoms with Gasteiger partial charge < -0.3 is 19.1 Å². The van der Waals surface area contributed by atoms with Gasteiger partial charge in [0.25, 0.3) is 5.56 Å². The van der Waals surface area contributed by atoms with Crippen LogP contribution in [0.5, 0.6) is 0 Å². The Bertz CT molecular complexity index is 1310. The van der Waals surface area contributed by atoms with Gasteiger partial charge in [-0.15, -0.1) is 0 Å². The van der Waals surface area contributed by atoms with Gasteiger partial charge in [0.05, 0.1) is 24.2 Å². The molecule has 4 fully saturated rings. The number of ether oxygens (including phenoxy) is 1. The molecule has 2 aromatic rings. The Balaban J connectivity index is 1.20. The van der Waals surface area contributed by atoms with E-state index in [1.165, 1.54) is 57.8 Å². The normalized spacial score (nSPS) is 25.9. The summed E-state index contributed by atoms with van der Waals surface area (Å²) in [5.74, 6) is 0.132. The van der Waals surface area contributed by atoms with Gasteiger partial charge in [0.1, 0.15) is 0 Å². The lowest BCUT2D eigenvalue weighted by Gasteiger charge is -2.45. The Morgan fingerprint density at radius 3 is 2.33 bits per heavy atom. The van der Waals surface area contributed by atoms with Gasteiger partial charge in [-0.25, -0.2) is 4.98 Å². The molecule has 1 aliphatic carbocycles. The second-order valence-corrected chi connectivity index (χ2v) is 12.8. The number of fused-ring (bicyclic) bond motifs is 3. The first-order valence-electron chi connectivity index (χ1n) is 16.5. The van der Waals surface area contributed by atoms with Crippen molar-refractivity contribution in [2.24, 2.45) is 0 Å². The molecule has 4 heterocycles. The smallest absolute Gasteiger partial charge is 0.305 e. The molecule has 9 nitrogen and oxygen atoms in total. The Morgan fingerprint density at radius 2 is 1.62 bits per heavy atom. The summed E-state index contributed by atoms with van der Waals surface area (Å²) in [6, 6.07) is 9.92. The Hall–Kier alpha value is -2.94. The average molecular weight is 578 g/mol. The summed E-state index contributed by atoms with van der Waals surface area (Å²) in [6.45, 7) is 3.88. The van der Waals surface area contributed by atoms with Crippen molar-refractivity contribution in [3.8, 4) is 0 Å². The molecule has 1 amide bonds. The predicted octanol–water partition coefficient (Wildman–Crippen LogP) is 4.67. The Morgan fingerprint density at radius 1 is 0.905 bits per heavy atom. The van der Waals surface area contributed by atoms with E-state index in [-0.39, 0.29) is 30.0 Å². The van der Waals surface area contributed by atoms with Gasteiger partial charge in [-0.2, -0.15) is 0 Å². The van der Waals surface area contributed by atoms with Crippen molar-refractivity contribution < 1.29 is 14.3 Å². The number of carbonyl (C=O) groups is 2. The monoisotopic (exact) mass is 577 g/mol. The Labute approximate surface area is 249 Å². The lowest BCUT2D eigenvalue weighted by molar-refractivity contribution is -0.143. The number of piperazine rings is 1. The second kappa shape index (κ2) is 13.1. The van der Waals surface area contributed by atoms with Crippen LogP contribution in [0.2, 0.25) is 0 Å². The molecule has 0 spiro atoms. The first kappa shape index (κ1) is 29.1. The van der Waals surface area contributed by atoms with Crippen molar-refractivity contribution in [1.29, 1.82) is 0 Å². The number of anilines is 1. The number of para-hydroxylation sites is 2. The molecule has 4 aliphatic rings. The molecule has 3 atom stereocenters. The molecule has 3 saturated heterocycles. The van der Waals surface area contributed by atoms with Gasteiger partial charge in [-0.3, -0.25) is 19.3 Å². The van der Waals surface area contributed by atoms with Crippen LogP contribution in [-0.2, 0) is 14.3 Å². The minimum Gasteiger partial charge on any atom is -0.466 e. The molecule has 0 N–H and O–H groups in total. The maximum absolute atomic E-state index is 14.2. The number of rotatable bonds is 8. The van der Waals surface area contributed by atoms with Crippen molar-refractivity contribution in [2.45, 2.75) is 115 Å². The molecule has 228 valence electrons. The first-order chi connectivity index (χ1) is 20.5. The lowest BCUT2D eigenvalue weighted by Crippen LogP contribution is -2.53. The van der Waals surface area contributed by atoms with E-state index in [0.717, 1.165) is 23.9 Å². The van der Waals surface area contributed by atoms with Gasteiger partial charge in [-0.1, -0.05) is 44.2 Å². The molecule has 0 radical (unpaired) electrons. The molecule has 2 bridgehead atoms. The number of benzene rings is 1. The standard InChI is InChI=1S/C33H47N5O4/c1-2-42-31(40)15-10-18-35-19-20-36(23-30(35)39)32-33(41)38(29-14-9-8-13-28(29)34-32)27-21-25-16-17-26(22-27)37(25)24-11-6-4-3-5-7-12-24/h8-9,13-14,24-27H,2-7,10-12,15-23H2,1H3/t25-,26+,27+. The summed E-state index contributed by atoms with van der Waals surface area (Å²) in [5.41, 5.74) is 1.64. The molecule has 9 heteroatoms. The first-order valence-corrected chi connectivity index (χ1v) is 16.5. The van der Waals surface area contributed by atoms with Crippen molar-refractivity contribution in [1.82, 2.24) is 19.4 Å². The van der Waals surface area contributed by atoms with E-state index >= 15 is 0 Å². The van der Waals surface area contributed by atoms with Crippen LogP contribution in [0.3, 0.4) is 0 Å². The van der Waals surface area contributed by atoms with E-state index in [0.29, 0.717) is 63.0 Å². The van der Waals surface area contributed by atoms with E-state index in [9.17, 15) is 14.4 Å². The largest absolute Gasteiger partial charge is 0.466 e. The maximum atomic E-state index is 14.2. The van der Waals surface area contributed by atoms with Crippen LogP contribution in [-0.4, -0.2) is 82.1 Å². The number of hydrogen-bond acceptors (Lipinski definition) is 7. The number of piperidine rings is 1. The van der Waals surface area contributed by atoms with Gasteiger partial charge in [0.2, 0.25) is 5.91 Å². The number of esters is 1. The fourth-order valence-corrected chi connectivity index (χ4v) is 8.21. The molecule has 1 aromatic carbocycles. The summed E-state index contributed by atoms with van der Waals surface area (Å²) >= 11 is 0. The third-order valence-electron chi connectivity index (χ3n) is 10.1. The molecule has 1 saturated carbocycles. The number of amides is 1. The number of nitrogens with zero attached hydrogens (tertiary/aromatic N) is 5. The number of aromatic nitrogens is 2. The van der Waals surface area contributed by atoms with E-state index in [1.54, 1.807) is 11.8 Å². The second-order valence-electron chi connectivity index (χ2n) is 12.8. The van der Waals surface area contributed by atoms with Gasteiger partial charge >= 0.3 is 5.97 Å². The molecular formula is C33H47N5O4. The minimum atomic E-state index is -0.228. The van der Waals surface area contributed by atoms with Crippen molar-refractivity contribution in [3.63, 3.8) is 0 Å².